The number of anilines is 6. The number of nitrogens with zero attached hydrogens (tertiary/aromatic N) is 2. The van der Waals surface area contributed by atoms with Gasteiger partial charge in [-0.3, -0.25) is 0 Å². The first-order valence-corrected chi connectivity index (χ1v) is 11.1. The van der Waals surface area contributed by atoms with E-state index in [0.717, 1.165) is 22.7 Å². The van der Waals surface area contributed by atoms with Crippen molar-refractivity contribution in [1.29, 1.82) is 0 Å². The molecule has 4 heteroatoms. The maximum Gasteiger partial charge on any atom is 0.139 e. The molecule has 0 fully saturated rings. The van der Waals surface area contributed by atoms with Gasteiger partial charge in [-0.2, -0.15) is 0 Å². The molecular formula is C30H24N2O2. The first-order chi connectivity index (χ1) is 16.7. The van der Waals surface area contributed by atoms with Crippen LogP contribution in [0.25, 0.3) is 0 Å². The fourth-order valence-corrected chi connectivity index (χ4v) is 4.07. The van der Waals surface area contributed by atoms with Gasteiger partial charge >= 0.3 is 0 Å². The third kappa shape index (κ3) is 4.17. The average molecular weight is 445 g/mol. The summed E-state index contributed by atoms with van der Waals surface area (Å²) in [6.07, 6.45) is 0. The summed E-state index contributed by atoms with van der Waals surface area (Å²) in [5.41, 5.74) is 5.09. The van der Waals surface area contributed by atoms with E-state index in [1.807, 2.05) is 131 Å². The van der Waals surface area contributed by atoms with E-state index in [1.54, 1.807) is 12.1 Å². The smallest absolute Gasteiger partial charge is 0.139 e. The van der Waals surface area contributed by atoms with Crippen LogP contribution in [-0.4, -0.2) is 10.2 Å². The highest BCUT2D eigenvalue weighted by Crippen LogP contribution is 2.42. The summed E-state index contributed by atoms with van der Waals surface area (Å²) in [5.74, 6) is 0.408. The Balaban J connectivity index is 1.60. The summed E-state index contributed by atoms with van der Waals surface area (Å²) < 4.78 is 0. The number of hydrogen-bond acceptors (Lipinski definition) is 4. The fourth-order valence-electron chi connectivity index (χ4n) is 4.07. The topological polar surface area (TPSA) is 46.9 Å². The number of rotatable bonds is 6. The van der Waals surface area contributed by atoms with Gasteiger partial charge in [0.25, 0.3) is 0 Å². The average Bonchev–Trinajstić information content (AvgIpc) is 2.89. The second kappa shape index (κ2) is 9.43. The van der Waals surface area contributed by atoms with E-state index in [2.05, 4.69) is 0 Å². The molecule has 5 rings (SSSR count). The lowest BCUT2D eigenvalue weighted by Crippen LogP contribution is -2.12. The Hall–Kier alpha value is -4.70. The van der Waals surface area contributed by atoms with E-state index < -0.39 is 0 Å². The normalized spacial score (nSPS) is 10.6. The molecule has 5 aromatic carbocycles. The Morgan fingerprint density at radius 3 is 0.971 bits per heavy atom. The molecule has 0 aliphatic heterocycles. The number of phenols is 2. The molecule has 0 amide bonds. The number of hydrogen-bond donors (Lipinski definition) is 2. The number of aromatic hydroxyl groups is 2. The van der Waals surface area contributed by atoms with E-state index in [-0.39, 0.29) is 11.5 Å². The quantitative estimate of drug-likeness (QED) is 0.278. The Labute approximate surface area is 199 Å². The van der Waals surface area contributed by atoms with Gasteiger partial charge in [0.2, 0.25) is 0 Å². The number of benzene rings is 5. The molecular weight excluding hydrogens is 420 g/mol. The SMILES string of the molecule is Oc1ccccc1N(c1ccccc1)c1ccc(N(c2ccccc2)c2ccccc2O)cc1. The van der Waals surface area contributed by atoms with Crippen LogP contribution in [-0.2, 0) is 0 Å². The van der Waals surface area contributed by atoms with Crippen LogP contribution in [0.5, 0.6) is 11.5 Å². The van der Waals surface area contributed by atoms with Crippen molar-refractivity contribution in [1.82, 2.24) is 0 Å². The zero-order valence-corrected chi connectivity index (χ0v) is 18.5. The minimum Gasteiger partial charge on any atom is -0.506 e. The third-order valence-electron chi connectivity index (χ3n) is 5.64. The molecule has 0 spiro atoms. The highest BCUT2D eigenvalue weighted by Gasteiger charge is 2.18. The first kappa shape index (κ1) is 21.2. The Bertz CT molecular complexity index is 1260. The molecule has 0 saturated heterocycles. The summed E-state index contributed by atoms with van der Waals surface area (Å²) in [6.45, 7) is 0. The molecule has 0 atom stereocenters. The molecule has 166 valence electrons. The zero-order valence-electron chi connectivity index (χ0n) is 18.5. The molecule has 0 heterocycles. The first-order valence-electron chi connectivity index (χ1n) is 11.1. The lowest BCUT2D eigenvalue weighted by molar-refractivity contribution is 0.476. The van der Waals surface area contributed by atoms with E-state index in [4.69, 9.17) is 0 Å². The molecule has 0 unspecified atom stereocenters. The van der Waals surface area contributed by atoms with Crippen LogP contribution in [0.2, 0.25) is 0 Å². The van der Waals surface area contributed by atoms with Crippen LogP contribution in [0.4, 0.5) is 34.1 Å². The molecule has 0 aromatic heterocycles. The van der Waals surface area contributed by atoms with E-state index in [1.165, 1.54) is 0 Å². The predicted molar refractivity (Wildman–Crippen MR) is 139 cm³/mol. The van der Waals surface area contributed by atoms with Crippen LogP contribution in [0.15, 0.2) is 133 Å². The highest BCUT2D eigenvalue weighted by molar-refractivity contribution is 5.83. The van der Waals surface area contributed by atoms with Crippen molar-refractivity contribution in [3.05, 3.63) is 133 Å². The van der Waals surface area contributed by atoms with Gasteiger partial charge in [-0.25, -0.2) is 0 Å². The lowest BCUT2D eigenvalue weighted by Gasteiger charge is -2.28. The van der Waals surface area contributed by atoms with Gasteiger partial charge in [0.1, 0.15) is 11.5 Å². The lowest BCUT2D eigenvalue weighted by atomic mass is 10.1. The van der Waals surface area contributed by atoms with Gasteiger partial charge < -0.3 is 20.0 Å². The molecule has 0 radical (unpaired) electrons. The van der Waals surface area contributed by atoms with Crippen LogP contribution in [0, 0.1) is 0 Å². The summed E-state index contributed by atoms with van der Waals surface area (Å²) in [6, 6.07) is 42.6. The minimum atomic E-state index is 0.204. The van der Waals surface area contributed by atoms with Crippen molar-refractivity contribution in [3.8, 4) is 11.5 Å². The molecule has 4 nitrogen and oxygen atoms in total. The van der Waals surface area contributed by atoms with Crippen molar-refractivity contribution in [2.45, 2.75) is 0 Å². The van der Waals surface area contributed by atoms with Crippen molar-refractivity contribution in [2.24, 2.45) is 0 Å². The van der Waals surface area contributed by atoms with Gasteiger partial charge in [0.05, 0.1) is 11.4 Å². The summed E-state index contributed by atoms with van der Waals surface area (Å²) >= 11 is 0. The van der Waals surface area contributed by atoms with Crippen LogP contribution in [0.3, 0.4) is 0 Å². The van der Waals surface area contributed by atoms with Crippen molar-refractivity contribution < 1.29 is 10.2 Å². The second-order valence-electron chi connectivity index (χ2n) is 7.84. The van der Waals surface area contributed by atoms with Crippen molar-refractivity contribution in [3.63, 3.8) is 0 Å². The van der Waals surface area contributed by atoms with Gasteiger partial charge in [0, 0.05) is 22.7 Å². The zero-order chi connectivity index (χ0) is 23.3. The Kier molecular flexibility index (Phi) is 5.87. The van der Waals surface area contributed by atoms with E-state index in [9.17, 15) is 10.2 Å². The van der Waals surface area contributed by atoms with Gasteiger partial charge in [0.15, 0.2) is 0 Å². The van der Waals surface area contributed by atoms with Crippen LogP contribution < -0.4 is 9.80 Å². The second-order valence-corrected chi connectivity index (χ2v) is 7.84. The largest absolute Gasteiger partial charge is 0.506 e. The molecule has 0 aliphatic carbocycles. The van der Waals surface area contributed by atoms with Gasteiger partial charge in [-0.05, 0) is 72.8 Å². The number of para-hydroxylation sites is 6. The molecule has 0 saturated carbocycles. The number of phenolic OH excluding ortho intramolecular Hbond substituents is 2. The summed E-state index contributed by atoms with van der Waals surface area (Å²) in [5, 5.41) is 21.2. The van der Waals surface area contributed by atoms with Crippen LogP contribution in [0.1, 0.15) is 0 Å². The predicted octanol–water partition coefficient (Wildman–Crippen LogP) is 8.04. The maximum absolute atomic E-state index is 10.6. The van der Waals surface area contributed by atoms with Gasteiger partial charge in [-0.15, -0.1) is 0 Å². The minimum absolute atomic E-state index is 0.204. The standard InChI is InChI=1S/C30H24N2O2/c33-29-17-9-7-15-27(29)31(23-11-3-1-4-12-23)25-19-21-26(22-20-25)32(24-13-5-2-6-14-24)28-16-8-10-18-30(28)34/h1-22,33-34H. The Morgan fingerprint density at radius 2 is 0.618 bits per heavy atom. The molecule has 0 aliphatic rings. The van der Waals surface area contributed by atoms with E-state index in [0.29, 0.717) is 11.4 Å². The summed E-state index contributed by atoms with van der Waals surface area (Å²) in [4.78, 5) is 4.04. The monoisotopic (exact) mass is 444 g/mol. The highest BCUT2D eigenvalue weighted by atomic mass is 16.3. The molecule has 34 heavy (non-hydrogen) atoms. The third-order valence-corrected chi connectivity index (χ3v) is 5.64. The van der Waals surface area contributed by atoms with Crippen LogP contribution >= 0.6 is 0 Å². The van der Waals surface area contributed by atoms with Crippen molar-refractivity contribution in [2.75, 3.05) is 9.80 Å². The maximum atomic E-state index is 10.6. The molecule has 0 bridgehead atoms. The Morgan fingerprint density at radius 1 is 0.324 bits per heavy atom. The van der Waals surface area contributed by atoms with Crippen molar-refractivity contribution >= 4 is 34.1 Å². The summed E-state index contributed by atoms with van der Waals surface area (Å²) in [7, 11) is 0. The molecule has 5 aromatic rings. The van der Waals surface area contributed by atoms with Gasteiger partial charge in [-0.1, -0.05) is 60.7 Å². The van der Waals surface area contributed by atoms with E-state index >= 15 is 0 Å². The molecule has 2 N–H and O–H groups in total. The fraction of sp³-hybridized carbons (Fsp3) is 0.